The molecule has 160 valence electrons. The molecule has 0 saturated carbocycles. The lowest BCUT2D eigenvalue weighted by Crippen LogP contribution is -2.07. The molecular weight excluding hydrogens is 398 g/mol. The maximum atomic E-state index is 11.8. The van der Waals surface area contributed by atoms with Gasteiger partial charge in [-0.2, -0.15) is 0 Å². The number of nitrogens with one attached hydrogen (secondary N) is 1. The van der Waals surface area contributed by atoms with Gasteiger partial charge in [-0.15, -0.1) is 0 Å². The Balaban J connectivity index is 1.72. The number of benzene rings is 3. The highest BCUT2D eigenvalue weighted by Gasteiger charge is 2.16. The number of aromatic nitrogens is 2. The fourth-order valence-electron chi connectivity index (χ4n) is 3.33. The van der Waals surface area contributed by atoms with E-state index in [-0.39, 0.29) is 0 Å². The predicted molar refractivity (Wildman–Crippen MR) is 130 cm³/mol. The summed E-state index contributed by atoms with van der Waals surface area (Å²) in [4.78, 5) is 22.2. The monoisotopic (exact) mass is 423 g/mol. The molecular formula is C27H25N3O2. The first kappa shape index (κ1) is 21.1. The lowest BCUT2D eigenvalue weighted by atomic mass is 10.0. The Morgan fingerprint density at radius 1 is 0.875 bits per heavy atom. The number of H-pyrrole nitrogens is 1. The van der Waals surface area contributed by atoms with Crippen LogP contribution in [0, 0.1) is 0 Å². The van der Waals surface area contributed by atoms with E-state index in [9.17, 15) is 4.79 Å². The quantitative estimate of drug-likeness (QED) is 0.236. The Morgan fingerprint density at radius 3 is 2.09 bits per heavy atom. The molecule has 0 spiro atoms. The minimum absolute atomic E-state index is 0.359. The molecule has 0 aliphatic carbocycles. The topological polar surface area (TPSA) is 58.2 Å². The number of imidazole rings is 1. The molecule has 0 radical (unpaired) electrons. The SMILES string of the molecule is C=C(C)C(=O)Oc1ccc(-c2nc(-c3ccccc3)c(-c3ccc(N(C)C)cc3)[nH]2)cc1. The van der Waals surface area contributed by atoms with E-state index in [0.717, 1.165) is 39.6 Å². The number of hydrogen-bond donors (Lipinski definition) is 1. The second-order valence-electron chi connectivity index (χ2n) is 7.81. The number of carbonyl (C=O) groups is 1. The van der Waals surface area contributed by atoms with Crippen LogP contribution in [-0.2, 0) is 4.79 Å². The van der Waals surface area contributed by atoms with Crippen molar-refractivity contribution in [2.75, 3.05) is 19.0 Å². The number of anilines is 1. The van der Waals surface area contributed by atoms with Crippen molar-refractivity contribution >= 4 is 11.7 Å². The van der Waals surface area contributed by atoms with Crippen LogP contribution >= 0.6 is 0 Å². The molecule has 0 saturated heterocycles. The Hall–Kier alpha value is -4.12. The minimum atomic E-state index is -0.439. The Bertz CT molecular complexity index is 1240. The molecule has 1 N–H and O–H groups in total. The summed E-state index contributed by atoms with van der Waals surface area (Å²) in [5.41, 5.74) is 6.32. The first-order valence-corrected chi connectivity index (χ1v) is 10.3. The molecule has 0 amide bonds. The smallest absolute Gasteiger partial charge is 0.338 e. The number of ether oxygens (including phenoxy) is 1. The average Bonchev–Trinajstić information content (AvgIpc) is 3.25. The van der Waals surface area contributed by atoms with Crippen LogP contribution in [0.15, 0.2) is 91.0 Å². The van der Waals surface area contributed by atoms with Gasteiger partial charge in [-0.25, -0.2) is 9.78 Å². The van der Waals surface area contributed by atoms with E-state index in [0.29, 0.717) is 11.3 Å². The first-order chi connectivity index (χ1) is 15.4. The van der Waals surface area contributed by atoms with Crippen molar-refractivity contribution in [2.24, 2.45) is 0 Å². The molecule has 4 aromatic rings. The van der Waals surface area contributed by atoms with E-state index < -0.39 is 5.97 Å². The summed E-state index contributed by atoms with van der Waals surface area (Å²) in [6.45, 7) is 5.23. The fourth-order valence-corrected chi connectivity index (χ4v) is 3.33. The van der Waals surface area contributed by atoms with E-state index >= 15 is 0 Å². The van der Waals surface area contributed by atoms with Crippen molar-refractivity contribution in [3.05, 3.63) is 91.0 Å². The third-order valence-corrected chi connectivity index (χ3v) is 5.11. The van der Waals surface area contributed by atoms with Gasteiger partial charge in [0.15, 0.2) is 0 Å². The van der Waals surface area contributed by atoms with Gasteiger partial charge in [0, 0.05) is 42.0 Å². The van der Waals surface area contributed by atoms with E-state index in [4.69, 9.17) is 9.72 Å². The van der Waals surface area contributed by atoms with Gasteiger partial charge in [-0.05, 0) is 43.3 Å². The fraction of sp³-hybridized carbons (Fsp3) is 0.111. The maximum absolute atomic E-state index is 11.8. The zero-order valence-electron chi connectivity index (χ0n) is 18.4. The Labute approximate surface area is 188 Å². The molecule has 0 unspecified atom stereocenters. The van der Waals surface area contributed by atoms with Gasteiger partial charge in [0.1, 0.15) is 11.6 Å². The maximum Gasteiger partial charge on any atom is 0.338 e. The molecule has 0 bridgehead atoms. The summed E-state index contributed by atoms with van der Waals surface area (Å²) >= 11 is 0. The number of carbonyl (C=O) groups excluding carboxylic acids is 1. The van der Waals surface area contributed by atoms with Gasteiger partial charge in [0.25, 0.3) is 0 Å². The first-order valence-electron chi connectivity index (χ1n) is 10.3. The van der Waals surface area contributed by atoms with Crippen LogP contribution in [0.25, 0.3) is 33.9 Å². The lowest BCUT2D eigenvalue weighted by molar-refractivity contribution is -0.130. The van der Waals surface area contributed by atoms with Gasteiger partial charge >= 0.3 is 5.97 Å². The van der Waals surface area contributed by atoms with Gasteiger partial charge in [-0.3, -0.25) is 0 Å². The second kappa shape index (κ2) is 8.94. The lowest BCUT2D eigenvalue weighted by Gasteiger charge is -2.12. The third kappa shape index (κ3) is 4.47. The molecule has 1 aromatic heterocycles. The normalized spacial score (nSPS) is 10.6. The van der Waals surface area contributed by atoms with Crippen LogP contribution in [0.5, 0.6) is 5.75 Å². The summed E-state index contributed by atoms with van der Waals surface area (Å²) in [5, 5.41) is 0. The molecule has 5 heteroatoms. The number of nitrogens with zero attached hydrogens (tertiary/aromatic N) is 2. The highest BCUT2D eigenvalue weighted by Crippen LogP contribution is 2.34. The van der Waals surface area contributed by atoms with Crippen LogP contribution in [-0.4, -0.2) is 30.0 Å². The molecule has 32 heavy (non-hydrogen) atoms. The minimum Gasteiger partial charge on any atom is -0.423 e. The van der Waals surface area contributed by atoms with Crippen molar-refractivity contribution in [3.63, 3.8) is 0 Å². The van der Waals surface area contributed by atoms with Crippen molar-refractivity contribution < 1.29 is 9.53 Å². The number of aromatic amines is 1. The van der Waals surface area contributed by atoms with Crippen molar-refractivity contribution in [1.82, 2.24) is 9.97 Å². The summed E-state index contributed by atoms with van der Waals surface area (Å²) in [6.07, 6.45) is 0. The largest absolute Gasteiger partial charge is 0.423 e. The highest BCUT2D eigenvalue weighted by molar-refractivity contribution is 5.89. The second-order valence-corrected chi connectivity index (χ2v) is 7.81. The van der Waals surface area contributed by atoms with Crippen LogP contribution in [0.4, 0.5) is 5.69 Å². The van der Waals surface area contributed by atoms with Gasteiger partial charge in [-0.1, -0.05) is 49.0 Å². The average molecular weight is 424 g/mol. The molecule has 0 aliphatic heterocycles. The van der Waals surface area contributed by atoms with E-state index in [1.807, 2.05) is 44.4 Å². The van der Waals surface area contributed by atoms with E-state index in [1.54, 1.807) is 19.1 Å². The molecule has 0 aliphatic rings. The van der Waals surface area contributed by atoms with Crippen LogP contribution in [0.3, 0.4) is 0 Å². The van der Waals surface area contributed by atoms with Gasteiger partial charge < -0.3 is 14.6 Å². The molecule has 1 heterocycles. The van der Waals surface area contributed by atoms with Crippen LogP contribution in [0.1, 0.15) is 6.92 Å². The number of hydrogen-bond acceptors (Lipinski definition) is 4. The number of esters is 1. The van der Waals surface area contributed by atoms with Crippen LogP contribution < -0.4 is 9.64 Å². The number of rotatable bonds is 6. The summed E-state index contributed by atoms with van der Waals surface area (Å²) in [7, 11) is 4.05. The van der Waals surface area contributed by atoms with Crippen molar-refractivity contribution in [3.8, 4) is 39.7 Å². The van der Waals surface area contributed by atoms with E-state index in [2.05, 4.69) is 52.9 Å². The molecule has 5 nitrogen and oxygen atoms in total. The third-order valence-electron chi connectivity index (χ3n) is 5.11. The summed E-state index contributed by atoms with van der Waals surface area (Å²) < 4.78 is 5.29. The zero-order valence-corrected chi connectivity index (χ0v) is 18.4. The molecule has 0 atom stereocenters. The predicted octanol–water partition coefficient (Wildman–Crippen LogP) is 5.96. The molecule has 4 rings (SSSR count). The Kier molecular flexibility index (Phi) is 5.90. The highest BCUT2D eigenvalue weighted by atomic mass is 16.5. The van der Waals surface area contributed by atoms with Crippen molar-refractivity contribution in [1.29, 1.82) is 0 Å². The standard InChI is InChI=1S/C27H25N3O2/c1-18(2)27(31)32-23-16-12-21(13-17-23)26-28-24(19-8-6-5-7-9-19)25(29-26)20-10-14-22(15-11-20)30(3)4/h5-17H,1H2,2-4H3,(H,28,29). The molecule has 3 aromatic carbocycles. The summed E-state index contributed by atoms with van der Waals surface area (Å²) in [5.74, 6) is 0.773. The summed E-state index contributed by atoms with van der Waals surface area (Å²) in [6, 6.07) is 25.8. The Morgan fingerprint density at radius 2 is 1.50 bits per heavy atom. The van der Waals surface area contributed by atoms with E-state index in [1.165, 1.54) is 0 Å². The van der Waals surface area contributed by atoms with Gasteiger partial charge in [0.2, 0.25) is 0 Å². The molecule has 0 fully saturated rings. The zero-order chi connectivity index (χ0) is 22.7. The van der Waals surface area contributed by atoms with Gasteiger partial charge in [0.05, 0.1) is 11.4 Å². The van der Waals surface area contributed by atoms with Crippen molar-refractivity contribution in [2.45, 2.75) is 6.92 Å². The van der Waals surface area contributed by atoms with Crippen LogP contribution in [0.2, 0.25) is 0 Å².